The SMILES string of the molecule is COc1cccc(C(CNC(=O)Nc2ccc(Sc3nc(C)cs3)cc2)N(C)C)c1. The predicted octanol–water partition coefficient (Wildman–Crippen LogP) is 5.04. The first-order chi connectivity index (χ1) is 14.4. The molecule has 0 saturated heterocycles. The summed E-state index contributed by atoms with van der Waals surface area (Å²) in [6.07, 6.45) is 0. The van der Waals surface area contributed by atoms with Crippen molar-refractivity contribution in [2.45, 2.75) is 22.2 Å². The Morgan fingerprint density at radius 2 is 2.00 bits per heavy atom. The minimum atomic E-state index is -0.235. The second-order valence-corrected chi connectivity index (χ2v) is 9.15. The van der Waals surface area contributed by atoms with Crippen molar-refractivity contribution in [2.75, 3.05) is 33.1 Å². The van der Waals surface area contributed by atoms with Crippen molar-refractivity contribution >= 4 is 34.8 Å². The van der Waals surface area contributed by atoms with E-state index in [1.807, 2.05) is 74.9 Å². The number of rotatable bonds is 8. The Balaban J connectivity index is 1.55. The summed E-state index contributed by atoms with van der Waals surface area (Å²) in [5.41, 5.74) is 2.86. The molecule has 0 radical (unpaired) electrons. The maximum atomic E-state index is 12.4. The molecule has 2 N–H and O–H groups in total. The topological polar surface area (TPSA) is 66.5 Å². The summed E-state index contributed by atoms with van der Waals surface area (Å²) < 4.78 is 6.33. The monoisotopic (exact) mass is 442 g/mol. The summed E-state index contributed by atoms with van der Waals surface area (Å²) in [5, 5.41) is 7.89. The fraction of sp³-hybridized carbons (Fsp3) is 0.273. The van der Waals surface area contributed by atoms with Crippen LogP contribution in [0.15, 0.2) is 63.1 Å². The normalized spacial score (nSPS) is 11.9. The van der Waals surface area contributed by atoms with E-state index >= 15 is 0 Å². The molecular weight excluding hydrogens is 416 g/mol. The molecule has 0 fully saturated rings. The number of anilines is 1. The first kappa shape index (κ1) is 22.1. The third-order valence-corrected chi connectivity index (χ3v) is 6.54. The van der Waals surface area contributed by atoms with Crippen molar-refractivity contribution in [3.8, 4) is 5.75 Å². The Morgan fingerprint density at radius 1 is 1.23 bits per heavy atom. The first-order valence-corrected chi connectivity index (χ1v) is 11.2. The molecule has 0 bridgehead atoms. The summed E-state index contributed by atoms with van der Waals surface area (Å²) in [5.74, 6) is 0.801. The maximum absolute atomic E-state index is 12.4. The summed E-state index contributed by atoms with van der Waals surface area (Å²) in [4.78, 5) is 20.0. The zero-order valence-corrected chi connectivity index (χ0v) is 19.1. The van der Waals surface area contributed by atoms with Crippen LogP contribution < -0.4 is 15.4 Å². The molecule has 0 spiro atoms. The lowest BCUT2D eigenvalue weighted by Gasteiger charge is -2.25. The number of aromatic nitrogens is 1. The zero-order valence-electron chi connectivity index (χ0n) is 17.5. The summed E-state index contributed by atoms with van der Waals surface area (Å²) in [6.45, 7) is 2.46. The molecule has 0 saturated carbocycles. The number of aryl methyl sites for hydroxylation is 1. The minimum Gasteiger partial charge on any atom is -0.497 e. The number of nitrogens with one attached hydrogen (secondary N) is 2. The highest BCUT2D eigenvalue weighted by Crippen LogP contribution is 2.30. The minimum absolute atomic E-state index is 0.0337. The number of carbonyl (C=O) groups is 1. The second kappa shape index (κ2) is 10.5. The lowest BCUT2D eigenvalue weighted by molar-refractivity contribution is 0.243. The van der Waals surface area contributed by atoms with Crippen LogP contribution in [0.2, 0.25) is 0 Å². The van der Waals surface area contributed by atoms with Gasteiger partial charge in [0.25, 0.3) is 0 Å². The van der Waals surface area contributed by atoms with Crippen molar-refractivity contribution in [3.63, 3.8) is 0 Å². The molecule has 8 heteroatoms. The van der Waals surface area contributed by atoms with Gasteiger partial charge in [-0.2, -0.15) is 0 Å². The number of urea groups is 1. The van der Waals surface area contributed by atoms with Gasteiger partial charge < -0.3 is 20.3 Å². The van der Waals surface area contributed by atoms with Gasteiger partial charge in [0.05, 0.1) is 13.2 Å². The van der Waals surface area contributed by atoms with E-state index in [2.05, 4.69) is 20.5 Å². The van der Waals surface area contributed by atoms with Crippen molar-refractivity contribution in [3.05, 3.63) is 65.2 Å². The molecule has 2 aromatic carbocycles. The molecule has 3 rings (SSSR count). The molecule has 1 aromatic heterocycles. The predicted molar refractivity (Wildman–Crippen MR) is 124 cm³/mol. The standard InChI is InChI=1S/C22H26N4O2S2/c1-15-14-29-22(24-15)30-19-10-8-17(9-11-19)25-21(27)23-13-20(26(2)3)16-6-5-7-18(12-16)28-4/h5-12,14,20H,13H2,1-4H3,(H2,23,25,27). The lowest BCUT2D eigenvalue weighted by Crippen LogP contribution is -2.36. The highest BCUT2D eigenvalue weighted by molar-refractivity contribution is 8.01. The van der Waals surface area contributed by atoms with Gasteiger partial charge in [-0.25, -0.2) is 9.78 Å². The van der Waals surface area contributed by atoms with Crippen LogP contribution >= 0.6 is 23.1 Å². The van der Waals surface area contributed by atoms with Crippen LogP contribution in [0.5, 0.6) is 5.75 Å². The molecule has 158 valence electrons. The van der Waals surface area contributed by atoms with Crippen LogP contribution in [-0.4, -0.2) is 43.7 Å². The molecule has 3 aromatic rings. The van der Waals surface area contributed by atoms with Gasteiger partial charge in [0, 0.05) is 28.2 Å². The van der Waals surface area contributed by atoms with Crippen molar-refractivity contribution < 1.29 is 9.53 Å². The van der Waals surface area contributed by atoms with E-state index in [0.717, 1.165) is 31.9 Å². The molecule has 0 aliphatic carbocycles. The smallest absolute Gasteiger partial charge is 0.319 e. The fourth-order valence-corrected chi connectivity index (χ4v) is 4.71. The Morgan fingerprint density at radius 3 is 2.63 bits per heavy atom. The molecule has 2 amide bonds. The van der Waals surface area contributed by atoms with Gasteiger partial charge in [-0.05, 0) is 63.0 Å². The van der Waals surface area contributed by atoms with Crippen LogP contribution in [0, 0.1) is 6.92 Å². The van der Waals surface area contributed by atoms with E-state index in [9.17, 15) is 4.79 Å². The summed E-state index contributed by atoms with van der Waals surface area (Å²) in [7, 11) is 5.63. The fourth-order valence-electron chi connectivity index (χ4n) is 2.90. The van der Waals surface area contributed by atoms with Crippen molar-refractivity contribution in [1.82, 2.24) is 15.2 Å². The van der Waals surface area contributed by atoms with Gasteiger partial charge in [-0.1, -0.05) is 23.9 Å². The quantitative estimate of drug-likeness (QED) is 0.512. The van der Waals surface area contributed by atoms with Crippen LogP contribution in [0.1, 0.15) is 17.3 Å². The van der Waals surface area contributed by atoms with Crippen LogP contribution in [0.3, 0.4) is 0 Å². The molecule has 0 aliphatic rings. The van der Waals surface area contributed by atoms with Crippen molar-refractivity contribution in [1.29, 1.82) is 0 Å². The highest BCUT2D eigenvalue weighted by Gasteiger charge is 2.16. The van der Waals surface area contributed by atoms with Crippen molar-refractivity contribution in [2.24, 2.45) is 0 Å². The Bertz CT molecular complexity index is 973. The van der Waals surface area contributed by atoms with E-state index in [1.54, 1.807) is 30.2 Å². The number of methoxy groups -OCH3 is 1. The highest BCUT2D eigenvalue weighted by atomic mass is 32.2. The number of ether oxygens (including phenoxy) is 1. The van der Waals surface area contributed by atoms with Crippen LogP contribution in [0.4, 0.5) is 10.5 Å². The molecule has 1 atom stereocenters. The first-order valence-electron chi connectivity index (χ1n) is 9.50. The van der Waals surface area contributed by atoms with Gasteiger partial charge in [0.2, 0.25) is 0 Å². The average Bonchev–Trinajstić information content (AvgIpc) is 3.14. The van der Waals surface area contributed by atoms with E-state index in [4.69, 9.17) is 4.74 Å². The molecule has 6 nitrogen and oxygen atoms in total. The average molecular weight is 443 g/mol. The zero-order chi connectivity index (χ0) is 21.5. The molecule has 1 unspecified atom stereocenters. The maximum Gasteiger partial charge on any atom is 0.319 e. The summed E-state index contributed by atoms with van der Waals surface area (Å²) in [6, 6.07) is 15.4. The Hall–Kier alpha value is -2.55. The Labute approximate surface area is 185 Å². The van der Waals surface area contributed by atoms with E-state index in [0.29, 0.717) is 6.54 Å². The van der Waals surface area contributed by atoms with Crippen LogP contribution in [0.25, 0.3) is 0 Å². The van der Waals surface area contributed by atoms with Gasteiger partial charge in [0.15, 0.2) is 4.34 Å². The number of likely N-dealkylation sites (N-methyl/N-ethyl adjacent to an activating group) is 1. The number of benzene rings is 2. The largest absolute Gasteiger partial charge is 0.497 e. The Kier molecular flexibility index (Phi) is 7.73. The number of hydrogen-bond acceptors (Lipinski definition) is 6. The number of amides is 2. The number of carbonyl (C=O) groups excluding carboxylic acids is 1. The summed E-state index contributed by atoms with van der Waals surface area (Å²) >= 11 is 3.25. The van der Waals surface area contributed by atoms with Gasteiger partial charge in [-0.15, -0.1) is 11.3 Å². The number of nitrogens with zero attached hydrogens (tertiary/aromatic N) is 2. The van der Waals surface area contributed by atoms with E-state index < -0.39 is 0 Å². The number of thiazole rings is 1. The molecule has 0 aliphatic heterocycles. The van der Waals surface area contributed by atoms with Crippen LogP contribution in [-0.2, 0) is 0 Å². The molecule has 1 heterocycles. The van der Waals surface area contributed by atoms with E-state index in [-0.39, 0.29) is 12.1 Å². The van der Waals surface area contributed by atoms with E-state index in [1.165, 1.54) is 0 Å². The number of hydrogen-bond donors (Lipinski definition) is 2. The third-order valence-electron chi connectivity index (χ3n) is 4.47. The second-order valence-electron chi connectivity index (χ2n) is 6.97. The van der Waals surface area contributed by atoms with Gasteiger partial charge >= 0.3 is 6.03 Å². The molecular formula is C22H26N4O2S2. The van der Waals surface area contributed by atoms with Gasteiger partial charge in [-0.3, -0.25) is 0 Å². The third kappa shape index (κ3) is 6.22. The van der Waals surface area contributed by atoms with Gasteiger partial charge in [0.1, 0.15) is 5.75 Å². The molecule has 30 heavy (non-hydrogen) atoms. The lowest BCUT2D eigenvalue weighted by atomic mass is 10.1.